The van der Waals surface area contributed by atoms with E-state index < -0.39 is 11.7 Å². The minimum atomic E-state index is -0.909. The predicted molar refractivity (Wildman–Crippen MR) is 204 cm³/mol. The van der Waals surface area contributed by atoms with Crippen molar-refractivity contribution in [1.29, 1.82) is 0 Å². The first-order valence-corrected chi connectivity index (χ1v) is 19.3. The molecule has 2 amide bonds. The Morgan fingerprint density at radius 3 is 2.31 bits per heavy atom. The molecule has 0 radical (unpaired) electrons. The van der Waals surface area contributed by atoms with Crippen LogP contribution in [0.1, 0.15) is 82.1 Å². The molecular formula is C42H55FN6O3. The summed E-state index contributed by atoms with van der Waals surface area (Å²) in [5, 5.41) is 3.20. The molecule has 278 valence electrons. The molecule has 1 atom stereocenters. The van der Waals surface area contributed by atoms with Crippen LogP contribution >= 0.6 is 0 Å². The van der Waals surface area contributed by atoms with Crippen LogP contribution in [0.25, 0.3) is 11.1 Å². The molecule has 1 N–H and O–H groups in total. The number of nitrogens with zero attached hydrogens (tertiary/aromatic N) is 5. The van der Waals surface area contributed by atoms with Crippen molar-refractivity contribution in [3.05, 3.63) is 77.7 Å². The standard InChI is InChI=1S/C42H55FN6O3/c1-5-46(6-2)28-39(50)45-35-17-12-30(13-18-35)14-19-37-40(51)38-25-34(43)26-44-41(38)49(42(37)52)36-9-7-8-33(24-36)32-15-10-31(11-16-32)27-47-20-22-48(23-21-47)29(3)4/h7-11,15-16,24-26,29-30,35,37H,5-6,12-14,17-23,27-28H2,1-4H3,(H,45,50). The molecule has 3 aliphatic rings. The zero-order valence-corrected chi connectivity index (χ0v) is 31.3. The lowest BCUT2D eigenvalue weighted by molar-refractivity contribution is -0.123. The van der Waals surface area contributed by atoms with Gasteiger partial charge in [0.1, 0.15) is 11.7 Å². The van der Waals surface area contributed by atoms with E-state index in [9.17, 15) is 18.8 Å². The maximum atomic E-state index is 14.5. The number of Topliss-reactive ketones (excluding diaryl/α,β-unsaturated/α-hetero) is 1. The fourth-order valence-corrected chi connectivity index (χ4v) is 8.10. The Morgan fingerprint density at radius 1 is 0.923 bits per heavy atom. The molecule has 3 heterocycles. The first-order chi connectivity index (χ1) is 25.1. The quantitative estimate of drug-likeness (QED) is 0.198. The Morgan fingerprint density at radius 2 is 1.63 bits per heavy atom. The Bertz CT molecular complexity index is 1690. The molecule has 1 aliphatic carbocycles. The highest BCUT2D eigenvalue weighted by molar-refractivity contribution is 6.23. The minimum absolute atomic E-state index is 0.0672. The predicted octanol–water partition coefficient (Wildman–Crippen LogP) is 6.69. The van der Waals surface area contributed by atoms with E-state index in [1.54, 1.807) is 0 Å². The van der Waals surface area contributed by atoms with Crippen LogP contribution in [0.4, 0.5) is 15.9 Å². The number of benzene rings is 2. The molecule has 0 bridgehead atoms. The number of rotatable bonds is 13. The molecule has 0 spiro atoms. The zero-order chi connectivity index (χ0) is 36.8. The number of carbonyl (C=O) groups is 3. The molecule has 3 aromatic rings. The van der Waals surface area contributed by atoms with E-state index in [1.165, 1.54) is 16.5 Å². The van der Waals surface area contributed by atoms with Crippen molar-refractivity contribution in [2.75, 3.05) is 50.7 Å². The van der Waals surface area contributed by atoms with Crippen molar-refractivity contribution < 1.29 is 18.8 Å². The Kier molecular flexibility index (Phi) is 12.5. The highest BCUT2D eigenvalue weighted by Crippen LogP contribution is 2.39. The third kappa shape index (κ3) is 8.96. The van der Waals surface area contributed by atoms with Crippen LogP contribution in [0, 0.1) is 17.7 Å². The number of aromatic nitrogens is 1. The van der Waals surface area contributed by atoms with Gasteiger partial charge in [0.2, 0.25) is 11.8 Å². The van der Waals surface area contributed by atoms with E-state index in [0.717, 1.165) is 88.8 Å². The summed E-state index contributed by atoms with van der Waals surface area (Å²) in [6.45, 7) is 15.9. The maximum absolute atomic E-state index is 14.5. The molecule has 2 aromatic carbocycles. The number of hydrogen-bond donors (Lipinski definition) is 1. The summed E-state index contributed by atoms with van der Waals surface area (Å²) in [6.07, 6.45) is 5.80. The third-order valence-electron chi connectivity index (χ3n) is 11.4. The number of halogens is 1. The number of nitrogens with one attached hydrogen (secondary N) is 1. The zero-order valence-electron chi connectivity index (χ0n) is 31.3. The van der Waals surface area contributed by atoms with Gasteiger partial charge in [-0.2, -0.15) is 0 Å². The molecule has 9 nitrogen and oxygen atoms in total. The van der Waals surface area contributed by atoms with Crippen LogP contribution in [0.15, 0.2) is 60.8 Å². The first kappa shape index (κ1) is 37.8. The SMILES string of the molecule is CCN(CC)CC(=O)NC1CCC(CCC2C(=O)c3cc(F)cnc3N(c3cccc(-c4ccc(CN5CCN(C(C)C)CC5)cc4)c3)C2=O)CC1. The lowest BCUT2D eigenvalue weighted by Gasteiger charge is -2.36. The van der Waals surface area contributed by atoms with E-state index in [0.29, 0.717) is 37.0 Å². The molecule has 52 heavy (non-hydrogen) atoms. The van der Waals surface area contributed by atoms with Crippen LogP contribution < -0.4 is 10.2 Å². The van der Waals surface area contributed by atoms with Crippen LogP contribution in [0.3, 0.4) is 0 Å². The summed E-state index contributed by atoms with van der Waals surface area (Å²) in [6, 6.07) is 18.3. The number of pyridine rings is 1. The van der Waals surface area contributed by atoms with Gasteiger partial charge in [0.25, 0.3) is 0 Å². The van der Waals surface area contributed by atoms with Gasteiger partial charge in [-0.05, 0) is 106 Å². The van der Waals surface area contributed by atoms with Gasteiger partial charge < -0.3 is 5.32 Å². The van der Waals surface area contributed by atoms with Crippen molar-refractivity contribution in [3.8, 4) is 11.1 Å². The Labute approximate surface area is 308 Å². The average molecular weight is 711 g/mol. The van der Waals surface area contributed by atoms with E-state index in [1.807, 2.05) is 24.3 Å². The van der Waals surface area contributed by atoms with Gasteiger partial charge in [0, 0.05) is 44.8 Å². The van der Waals surface area contributed by atoms with E-state index in [-0.39, 0.29) is 35.0 Å². The molecule has 1 unspecified atom stereocenters. The first-order valence-electron chi connectivity index (χ1n) is 19.3. The number of likely N-dealkylation sites (N-methyl/N-ethyl adjacent to an activating group) is 1. The van der Waals surface area contributed by atoms with Crippen molar-refractivity contribution >= 4 is 29.1 Å². The number of ketones is 1. The monoisotopic (exact) mass is 710 g/mol. The van der Waals surface area contributed by atoms with Gasteiger partial charge in [-0.3, -0.25) is 34.0 Å². The second-order valence-electron chi connectivity index (χ2n) is 15.1. The van der Waals surface area contributed by atoms with Gasteiger partial charge in [0.15, 0.2) is 11.6 Å². The summed E-state index contributed by atoms with van der Waals surface area (Å²) in [7, 11) is 0. The highest BCUT2D eigenvalue weighted by atomic mass is 19.1. The van der Waals surface area contributed by atoms with Gasteiger partial charge in [-0.15, -0.1) is 0 Å². The smallest absolute Gasteiger partial charge is 0.243 e. The number of fused-ring (bicyclic) bond motifs is 1. The van der Waals surface area contributed by atoms with Gasteiger partial charge in [-0.1, -0.05) is 50.2 Å². The summed E-state index contributed by atoms with van der Waals surface area (Å²) in [5.41, 5.74) is 3.99. The normalized spacial score (nSPS) is 21.5. The van der Waals surface area contributed by atoms with Crippen LogP contribution in [-0.4, -0.2) is 95.2 Å². The van der Waals surface area contributed by atoms with Gasteiger partial charge in [0.05, 0.1) is 24.0 Å². The molecule has 10 heteroatoms. The Hall–Kier alpha value is -3.99. The number of anilines is 2. The van der Waals surface area contributed by atoms with Crippen molar-refractivity contribution in [2.45, 2.75) is 84.8 Å². The fraction of sp³-hybridized carbons (Fsp3) is 0.524. The largest absolute Gasteiger partial charge is 0.352 e. The summed E-state index contributed by atoms with van der Waals surface area (Å²) in [4.78, 5) is 53.4. The number of amides is 2. The molecule has 2 fully saturated rings. The summed E-state index contributed by atoms with van der Waals surface area (Å²) < 4.78 is 14.5. The second kappa shape index (κ2) is 17.2. The number of piperazine rings is 1. The maximum Gasteiger partial charge on any atom is 0.243 e. The topological polar surface area (TPSA) is 89.1 Å². The van der Waals surface area contributed by atoms with Crippen LogP contribution in [0.2, 0.25) is 0 Å². The lowest BCUT2D eigenvalue weighted by atomic mass is 9.79. The van der Waals surface area contributed by atoms with Crippen molar-refractivity contribution in [3.63, 3.8) is 0 Å². The molecule has 6 rings (SSSR count). The van der Waals surface area contributed by atoms with Crippen molar-refractivity contribution in [1.82, 2.24) is 25.0 Å². The summed E-state index contributed by atoms with van der Waals surface area (Å²) >= 11 is 0. The van der Waals surface area contributed by atoms with Crippen molar-refractivity contribution in [2.24, 2.45) is 11.8 Å². The van der Waals surface area contributed by atoms with Gasteiger partial charge >= 0.3 is 0 Å². The number of hydrogen-bond acceptors (Lipinski definition) is 7. The highest BCUT2D eigenvalue weighted by Gasteiger charge is 2.41. The minimum Gasteiger partial charge on any atom is -0.352 e. The van der Waals surface area contributed by atoms with E-state index in [2.05, 4.69) is 77.0 Å². The molecule has 1 aromatic heterocycles. The van der Waals surface area contributed by atoms with Crippen LogP contribution in [-0.2, 0) is 16.1 Å². The fourth-order valence-electron chi connectivity index (χ4n) is 8.10. The average Bonchev–Trinajstić information content (AvgIpc) is 3.15. The second-order valence-corrected chi connectivity index (χ2v) is 15.1. The summed E-state index contributed by atoms with van der Waals surface area (Å²) in [5.74, 6) is -1.59. The van der Waals surface area contributed by atoms with E-state index in [4.69, 9.17) is 0 Å². The molecule has 2 aliphatic heterocycles. The Balaban J connectivity index is 1.11. The van der Waals surface area contributed by atoms with E-state index >= 15 is 0 Å². The van der Waals surface area contributed by atoms with Gasteiger partial charge in [-0.25, -0.2) is 9.37 Å². The molecule has 1 saturated carbocycles. The molecule has 1 saturated heterocycles. The molecular weight excluding hydrogens is 655 g/mol. The number of carbonyl (C=O) groups excluding carboxylic acids is 3. The third-order valence-corrected chi connectivity index (χ3v) is 11.4. The van der Waals surface area contributed by atoms with Crippen LogP contribution in [0.5, 0.6) is 0 Å². The lowest BCUT2D eigenvalue weighted by Crippen LogP contribution is -2.48.